The van der Waals surface area contributed by atoms with Gasteiger partial charge in [0.1, 0.15) is 12.4 Å². The molecule has 0 spiro atoms. The zero-order valence-electron chi connectivity index (χ0n) is 23.4. The van der Waals surface area contributed by atoms with E-state index in [1.165, 1.54) is 34.0 Å². The molecule has 204 valence electrons. The van der Waals surface area contributed by atoms with Crippen molar-refractivity contribution in [2.75, 3.05) is 49.6 Å². The Morgan fingerprint density at radius 1 is 1.03 bits per heavy atom. The SMILES string of the molecule is CCc1cccc2cccc(N3CCc4c(nc(OC[C@@H]5CCCN5C)nc4N4CCC[C@@H](CC#N)C4)C3)c12. The highest BCUT2D eigenvalue weighted by molar-refractivity contribution is 5.97. The molecule has 3 aromatic rings. The molecule has 2 fully saturated rings. The molecule has 39 heavy (non-hydrogen) atoms. The van der Waals surface area contributed by atoms with Crippen LogP contribution >= 0.6 is 0 Å². The molecule has 7 nitrogen and oxygen atoms in total. The Morgan fingerprint density at radius 3 is 2.67 bits per heavy atom. The second-order valence-electron chi connectivity index (χ2n) is 11.5. The summed E-state index contributed by atoms with van der Waals surface area (Å²) in [5, 5.41) is 12.0. The van der Waals surface area contributed by atoms with Crippen LogP contribution in [0.15, 0.2) is 36.4 Å². The summed E-state index contributed by atoms with van der Waals surface area (Å²) in [5.74, 6) is 1.43. The minimum absolute atomic E-state index is 0.397. The van der Waals surface area contributed by atoms with E-state index in [1.807, 2.05) is 0 Å². The van der Waals surface area contributed by atoms with Crippen LogP contribution in [0.3, 0.4) is 0 Å². The van der Waals surface area contributed by atoms with E-state index in [0.717, 1.165) is 76.3 Å². The van der Waals surface area contributed by atoms with Gasteiger partial charge in [-0.15, -0.1) is 0 Å². The van der Waals surface area contributed by atoms with Crippen LogP contribution < -0.4 is 14.5 Å². The van der Waals surface area contributed by atoms with Gasteiger partial charge in [0.25, 0.3) is 0 Å². The summed E-state index contributed by atoms with van der Waals surface area (Å²) in [4.78, 5) is 17.3. The Kier molecular flexibility index (Phi) is 7.56. The van der Waals surface area contributed by atoms with Gasteiger partial charge in [0.2, 0.25) is 0 Å². The van der Waals surface area contributed by atoms with Gasteiger partial charge in [0, 0.05) is 48.7 Å². The predicted octanol–water partition coefficient (Wildman–Crippen LogP) is 5.36. The van der Waals surface area contributed by atoms with E-state index in [1.54, 1.807) is 0 Å². The van der Waals surface area contributed by atoms with E-state index < -0.39 is 0 Å². The van der Waals surface area contributed by atoms with Crippen molar-refractivity contribution < 1.29 is 4.74 Å². The van der Waals surface area contributed by atoms with E-state index in [9.17, 15) is 5.26 Å². The van der Waals surface area contributed by atoms with E-state index in [4.69, 9.17) is 14.7 Å². The number of hydrogen-bond acceptors (Lipinski definition) is 7. The number of aromatic nitrogens is 2. The second kappa shape index (κ2) is 11.4. The number of fused-ring (bicyclic) bond motifs is 2. The minimum Gasteiger partial charge on any atom is -0.462 e. The number of aryl methyl sites for hydroxylation is 1. The molecular weight excluding hydrogens is 484 g/mol. The summed E-state index contributed by atoms with van der Waals surface area (Å²) in [6.45, 7) is 7.52. The van der Waals surface area contributed by atoms with Crippen LogP contribution in [0, 0.1) is 17.2 Å². The molecule has 0 saturated carbocycles. The number of likely N-dealkylation sites (tertiary alicyclic amines) is 1. The molecular formula is C32H40N6O. The number of piperidine rings is 1. The first-order valence-corrected chi connectivity index (χ1v) is 14.7. The van der Waals surface area contributed by atoms with Crippen LogP contribution in [-0.4, -0.2) is 60.7 Å². The van der Waals surface area contributed by atoms with Crippen LogP contribution in [0.1, 0.15) is 55.8 Å². The van der Waals surface area contributed by atoms with Crippen molar-refractivity contribution in [3.8, 4) is 12.1 Å². The van der Waals surface area contributed by atoms with Crippen LogP contribution in [-0.2, 0) is 19.4 Å². The smallest absolute Gasteiger partial charge is 0.318 e. The highest BCUT2D eigenvalue weighted by atomic mass is 16.5. The molecule has 7 heteroatoms. The summed E-state index contributed by atoms with van der Waals surface area (Å²) >= 11 is 0. The monoisotopic (exact) mass is 524 g/mol. The number of rotatable bonds is 7. The van der Waals surface area contributed by atoms with Gasteiger partial charge < -0.3 is 19.4 Å². The fourth-order valence-corrected chi connectivity index (χ4v) is 6.79. The molecule has 0 N–H and O–H groups in total. The Bertz CT molecular complexity index is 1360. The minimum atomic E-state index is 0.397. The van der Waals surface area contributed by atoms with E-state index >= 15 is 0 Å². The Hall–Kier alpha value is -3.37. The van der Waals surface area contributed by atoms with Crippen molar-refractivity contribution in [3.63, 3.8) is 0 Å². The van der Waals surface area contributed by atoms with Crippen molar-refractivity contribution in [2.45, 2.75) is 64.5 Å². The number of benzene rings is 2. The number of ether oxygens (including phenoxy) is 1. The van der Waals surface area contributed by atoms with Gasteiger partial charge in [0.05, 0.1) is 18.3 Å². The van der Waals surface area contributed by atoms with Crippen LogP contribution in [0.2, 0.25) is 0 Å². The van der Waals surface area contributed by atoms with Gasteiger partial charge in [0.15, 0.2) is 0 Å². The normalized spacial score (nSPS) is 21.7. The first-order chi connectivity index (χ1) is 19.1. The maximum Gasteiger partial charge on any atom is 0.318 e. The number of likely N-dealkylation sites (N-methyl/N-ethyl adjacent to an activating group) is 1. The molecule has 0 unspecified atom stereocenters. The lowest BCUT2D eigenvalue weighted by Crippen LogP contribution is -2.39. The van der Waals surface area contributed by atoms with Crippen molar-refractivity contribution in [1.82, 2.24) is 14.9 Å². The summed E-state index contributed by atoms with van der Waals surface area (Å²) in [5.41, 5.74) is 5.01. The second-order valence-corrected chi connectivity index (χ2v) is 11.5. The van der Waals surface area contributed by atoms with Gasteiger partial charge >= 0.3 is 6.01 Å². The number of nitrogens with zero attached hydrogens (tertiary/aromatic N) is 6. The first-order valence-electron chi connectivity index (χ1n) is 14.7. The molecule has 0 bridgehead atoms. The molecule has 2 atom stereocenters. The molecule has 4 heterocycles. The van der Waals surface area contributed by atoms with Crippen LogP contribution in [0.25, 0.3) is 10.8 Å². The molecule has 1 aromatic heterocycles. The molecule has 0 aliphatic carbocycles. The third kappa shape index (κ3) is 5.27. The maximum atomic E-state index is 9.33. The average molecular weight is 525 g/mol. The quantitative estimate of drug-likeness (QED) is 0.412. The van der Waals surface area contributed by atoms with Gasteiger partial charge in [-0.25, -0.2) is 0 Å². The lowest BCUT2D eigenvalue weighted by molar-refractivity contribution is 0.187. The summed E-state index contributed by atoms with van der Waals surface area (Å²) in [6, 6.07) is 16.6. The van der Waals surface area contributed by atoms with Crippen molar-refractivity contribution in [3.05, 3.63) is 53.2 Å². The zero-order chi connectivity index (χ0) is 26.8. The maximum absolute atomic E-state index is 9.33. The zero-order valence-corrected chi connectivity index (χ0v) is 23.4. The lowest BCUT2D eigenvalue weighted by Gasteiger charge is -2.37. The van der Waals surface area contributed by atoms with E-state index in [-0.39, 0.29) is 0 Å². The number of nitriles is 1. The first kappa shape index (κ1) is 25.9. The van der Waals surface area contributed by atoms with Gasteiger partial charge in [-0.05, 0) is 75.1 Å². The fraction of sp³-hybridized carbons (Fsp3) is 0.531. The fourth-order valence-electron chi connectivity index (χ4n) is 6.79. The van der Waals surface area contributed by atoms with Crippen molar-refractivity contribution in [2.24, 2.45) is 5.92 Å². The van der Waals surface area contributed by atoms with Gasteiger partial charge in [-0.3, -0.25) is 0 Å². The Labute approximate surface area is 232 Å². The molecule has 2 aromatic carbocycles. The van der Waals surface area contributed by atoms with Gasteiger partial charge in [-0.1, -0.05) is 37.3 Å². The summed E-state index contributed by atoms with van der Waals surface area (Å²) in [6.07, 6.45) is 7.10. The van der Waals surface area contributed by atoms with Crippen LogP contribution in [0.4, 0.5) is 11.5 Å². The highest BCUT2D eigenvalue weighted by Crippen LogP contribution is 2.36. The largest absolute Gasteiger partial charge is 0.462 e. The summed E-state index contributed by atoms with van der Waals surface area (Å²) < 4.78 is 6.32. The lowest BCUT2D eigenvalue weighted by atomic mass is 9.94. The van der Waals surface area contributed by atoms with Crippen molar-refractivity contribution in [1.29, 1.82) is 5.26 Å². The highest BCUT2D eigenvalue weighted by Gasteiger charge is 2.30. The molecule has 0 radical (unpaired) electrons. The third-order valence-corrected chi connectivity index (χ3v) is 8.99. The number of hydrogen-bond donors (Lipinski definition) is 0. The molecule has 0 amide bonds. The molecule has 2 saturated heterocycles. The Balaban J connectivity index is 1.34. The molecule has 6 rings (SSSR count). The standard InChI is InChI=1S/C32H40N6O/c1-3-24-9-4-10-25-11-5-13-29(30(24)25)37-19-15-27-28(21-37)34-32(39-22-26-12-7-17-36(26)2)35-31(27)38-18-6-8-23(20-38)14-16-33/h4-5,9-11,13,23,26H,3,6-8,12,14-15,17-22H2,1-2H3/t23-,26-/m0/s1. The average Bonchev–Trinajstić information content (AvgIpc) is 3.39. The number of anilines is 2. The van der Waals surface area contributed by atoms with E-state index in [0.29, 0.717) is 31.0 Å². The Morgan fingerprint density at radius 2 is 1.87 bits per heavy atom. The predicted molar refractivity (Wildman–Crippen MR) is 156 cm³/mol. The molecule has 3 aliphatic rings. The third-order valence-electron chi connectivity index (χ3n) is 8.99. The van der Waals surface area contributed by atoms with Crippen molar-refractivity contribution >= 4 is 22.3 Å². The summed E-state index contributed by atoms with van der Waals surface area (Å²) in [7, 11) is 2.18. The van der Waals surface area contributed by atoms with Gasteiger partial charge in [-0.2, -0.15) is 15.2 Å². The van der Waals surface area contributed by atoms with E-state index in [2.05, 4.69) is 71.1 Å². The topological polar surface area (TPSA) is 68.5 Å². The van der Waals surface area contributed by atoms with Crippen LogP contribution in [0.5, 0.6) is 6.01 Å². The molecule has 3 aliphatic heterocycles.